The summed E-state index contributed by atoms with van der Waals surface area (Å²) >= 11 is 0. The van der Waals surface area contributed by atoms with Gasteiger partial charge in [0.05, 0.1) is 12.8 Å². The van der Waals surface area contributed by atoms with Crippen molar-refractivity contribution in [3.63, 3.8) is 0 Å². The van der Waals surface area contributed by atoms with Crippen LogP contribution in [0.5, 0.6) is 5.75 Å². The van der Waals surface area contributed by atoms with E-state index in [1.54, 1.807) is 25.3 Å². The van der Waals surface area contributed by atoms with Crippen molar-refractivity contribution < 1.29 is 9.53 Å². The van der Waals surface area contributed by atoms with Crippen LogP contribution in [-0.2, 0) is 4.79 Å². The highest BCUT2D eigenvalue weighted by atomic mass is 16.5. The normalized spacial score (nSPS) is 22.2. The van der Waals surface area contributed by atoms with E-state index in [-0.39, 0.29) is 5.91 Å². The standard InChI is InChI=1S/C16H25N3O2/c1-11-8-12(2)19(10-11)7-6-16(20)18-14-9-13(17)4-5-15(14)21-3/h4-5,9,11-12H,6-8,10,17H2,1-3H3,(H,18,20). The monoisotopic (exact) mass is 291 g/mol. The molecule has 0 spiro atoms. The lowest BCUT2D eigenvalue weighted by Gasteiger charge is -2.20. The van der Waals surface area contributed by atoms with Crippen molar-refractivity contribution >= 4 is 17.3 Å². The highest BCUT2D eigenvalue weighted by Crippen LogP contribution is 2.27. The van der Waals surface area contributed by atoms with E-state index in [0.29, 0.717) is 29.6 Å². The number of hydrogen-bond donors (Lipinski definition) is 2. The lowest BCUT2D eigenvalue weighted by Crippen LogP contribution is -2.30. The Hall–Kier alpha value is -1.75. The van der Waals surface area contributed by atoms with Crippen LogP contribution in [0.3, 0.4) is 0 Å². The zero-order chi connectivity index (χ0) is 15.4. The predicted octanol–water partition coefficient (Wildman–Crippen LogP) is 2.34. The molecule has 21 heavy (non-hydrogen) atoms. The van der Waals surface area contributed by atoms with Gasteiger partial charge in [0, 0.05) is 31.2 Å². The van der Waals surface area contributed by atoms with E-state index in [4.69, 9.17) is 10.5 Å². The largest absolute Gasteiger partial charge is 0.495 e. The third kappa shape index (κ3) is 4.11. The van der Waals surface area contributed by atoms with Gasteiger partial charge in [-0.25, -0.2) is 0 Å². The fraction of sp³-hybridized carbons (Fsp3) is 0.562. The smallest absolute Gasteiger partial charge is 0.225 e. The molecule has 5 heteroatoms. The molecule has 0 radical (unpaired) electrons. The number of methoxy groups -OCH3 is 1. The van der Waals surface area contributed by atoms with Crippen LogP contribution < -0.4 is 15.8 Å². The minimum Gasteiger partial charge on any atom is -0.495 e. The molecule has 1 aliphatic heterocycles. The molecule has 0 bridgehead atoms. The first kappa shape index (κ1) is 15.6. The third-order valence-electron chi connectivity index (χ3n) is 4.04. The van der Waals surface area contributed by atoms with E-state index in [0.717, 1.165) is 19.0 Å². The van der Waals surface area contributed by atoms with Gasteiger partial charge in [-0.3, -0.25) is 9.69 Å². The summed E-state index contributed by atoms with van der Waals surface area (Å²) < 4.78 is 5.23. The number of amides is 1. The summed E-state index contributed by atoms with van der Waals surface area (Å²) in [6.45, 7) is 6.36. The molecule has 1 amide bonds. The number of rotatable bonds is 5. The lowest BCUT2D eigenvalue weighted by atomic mass is 10.1. The van der Waals surface area contributed by atoms with E-state index in [2.05, 4.69) is 24.1 Å². The number of nitrogen functional groups attached to an aromatic ring is 1. The number of nitrogens with two attached hydrogens (primary N) is 1. The van der Waals surface area contributed by atoms with Crippen molar-refractivity contribution in [3.8, 4) is 5.75 Å². The van der Waals surface area contributed by atoms with E-state index in [9.17, 15) is 4.79 Å². The third-order valence-corrected chi connectivity index (χ3v) is 4.04. The van der Waals surface area contributed by atoms with Crippen LogP contribution >= 0.6 is 0 Å². The maximum absolute atomic E-state index is 12.1. The summed E-state index contributed by atoms with van der Waals surface area (Å²) in [5.74, 6) is 1.34. The summed E-state index contributed by atoms with van der Waals surface area (Å²) in [5.41, 5.74) is 6.98. The number of likely N-dealkylation sites (tertiary alicyclic amines) is 1. The van der Waals surface area contributed by atoms with Gasteiger partial charge < -0.3 is 15.8 Å². The van der Waals surface area contributed by atoms with Gasteiger partial charge in [0.15, 0.2) is 0 Å². The van der Waals surface area contributed by atoms with Gasteiger partial charge in [-0.1, -0.05) is 6.92 Å². The van der Waals surface area contributed by atoms with Gasteiger partial charge in [0.2, 0.25) is 5.91 Å². The van der Waals surface area contributed by atoms with Crippen LogP contribution in [-0.4, -0.2) is 37.0 Å². The van der Waals surface area contributed by atoms with Gasteiger partial charge >= 0.3 is 0 Å². The summed E-state index contributed by atoms with van der Waals surface area (Å²) in [6, 6.07) is 5.79. The molecule has 1 fully saturated rings. The number of nitrogens with zero attached hydrogens (tertiary/aromatic N) is 1. The SMILES string of the molecule is COc1ccc(N)cc1NC(=O)CCN1CC(C)CC1C. The number of carbonyl (C=O) groups is 1. The van der Waals surface area contributed by atoms with Gasteiger partial charge in [-0.2, -0.15) is 0 Å². The molecule has 5 nitrogen and oxygen atoms in total. The molecule has 3 N–H and O–H groups in total. The lowest BCUT2D eigenvalue weighted by molar-refractivity contribution is -0.116. The second-order valence-electron chi connectivity index (χ2n) is 5.94. The van der Waals surface area contributed by atoms with Gasteiger partial charge in [-0.05, 0) is 37.5 Å². The zero-order valence-electron chi connectivity index (χ0n) is 13.1. The minimum atomic E-state index is -0.00865. The molecule has 0 aliphatic carbocycles. The average Bonchev–Trinajstić information content (AvgIpc) is 2.75. The first-order valence-electron chi connectivity index (χ1n) is 7.47. The molecule has 1 aromatic rings. The van der Waals surface area contributed by atoms with Crippen molar-refractivity contribution in [1.29, 1.82) is 0 Å². The van der Waals surface area contributed by atoms with Crippen LogP contribution in [0.4, 0.5) is 11.4 Å². The Bertz CT molecular complexity index is 504. The predicted molar refractivity (Wildman–Crippen MR) is 85.5 cm³/mol. The van der Waals surface area contributed by atoms with Crippen molar-refractivity contribution in [1.82, 2.24) is 4.90 Å². The van der Waals surface area contributed by atoms with E-state index < -0.39 is 0 Å². The molecule has 0 aromatic heterocycles. The first-order valence-corrected chi connectivity index (χ1v) is 7.47. The van der Waals surface area contributed by atoms with Gasteiger partial charge in [0.1, 0.15) is 5.75 Å². The summed E-state index contributed by atoms with van der Waals surface area (Å²) in [6.07, 6.45) is 1.69. The molecule has 1 heterocycles. The number of carbonyl (C=O) groups excluding carboxylic acids is 1. The summed E-state index contributed by atoms with van der Waals surface area (Å²) in [5, 5.41) is 2.88. The second kappa shape index (κ2) is 6.80. The maximum atomic E-state index is 12.1. The topological polar surface area (TPSA) is 67.6 Å². The first-order chi connectivity index (χ1) is 9.99. The van der Waals surface area contributed by atoms with Crippen LogP contribution in [0.2, 0.25) is 0 Å². The number of hydrogen-bond acceptors (Lipinski definition) is 4. The molecule has 2 atom stereocenters. The van der Waals surface area contributed by atoms with E-state index in [1.807, 2.05) is 0 Å². The Labute approximate surface area is 126 Å². The molecule has 2 rings (SSSR count). The molecule has 1 saturated heterocycles. The Morgan fingerprint density at radius 1 is 1.48 bits per heavy atom. The van der Waals surface area contributed by atoms with Crippen molar-refractivity contribution in [2.75, 3.05) is 31.2 Å². The van der Waals surface area contributed by atoms with Gasteiger partial charge in [-0.15, -0.1) is 0 Å². The Balaban J connectivity index is 1.89. The van der Waals surface area contributed by atoms with Crippen LogP contribution in [0.25, 0.3) is 0 Å². The average molecular weight is 291 g/mol. The van der Waals surface area contributed by atoms with Gasteiger partial charge in [0.25, 0.3) is 0 Å². The van der Waals surface area contributed by atoms with Crippen molar-refractivity contribution in [2.45, 2.75) is 32.7 Å². The van der Waals surface area contributed by atoms with Crippen molar-refractivity contribution in [2.24, 2.45) is 5.92 Å². The number of benzene rings is 1. The molecule has 2 unspecified atom stereocenters. The highest BCUT2D eigenvalue weighted by Gasteiger charge is 2.26. The highest BCUT2D eigenvalue weighted by molar-refractivity contribution is 5.93. The van der Waals surface area contributed by atoms with Crippen LogP contribution in [0.15, 0.2) is 18.2 Å². The molecule has 1 aromatic carbocycles. The minimum absolute atomic E-state index is 0.00865. The molecular formula is C16H25N3O2. The van der Waals surface area contributed by atoms with Crippen molar-refractivity contribution in [3.05, 3.63) is 18.2 Å². The number of ether oxygens (including phenoxy) is 1. The fourth-order valence-electron chi connectivity index (χ4n) is 2.98. The maximum Gasteiger partial charge on any atom is 0.225 e. The molecule has 0 saturated carbocycles. The molecular weight excluding hydrogens is 266 g/mol. The summed E-state index contributed by atoms with van der Waals surface area (Å²) in [4.78, 5) is 14.5. The van der Waals surface area contributed by atoms with Crippen LogP contribution in [0.1, 0.15) is 26.7 Å². The Morgan fingerprint density at radius 2 is 2.24 bits per heavy atom. The van der Waals surface area contributed by atoms with E-state index in [1.165, 1.54) is 6.42 Å². The summed E-state index contributed by atoms with van der Waals surface area (Å²) in [7, 11) is 1.58. The Kier molecular flexibility index (Phi) is 5.07. The zero-order valence-corrected chi connectivity index (χ0v) is 13.1. The number of anilines is 2. The second-order valence-corrected chi connectivity index (χ2v) is 5.94. The molecule has 1 aliphatic rings. The number of nitrogens with one attached hydrogen (secondary N) is 1. The fourth-order valence-corrected chi connectivity index (χ4v) is 2.98. The Morgan fingerprint density at radius 3 is 2.86 bits per heavy atom. The van der Waals surface area contributed by atoms with Crippen LogP contribution in [0, 0.1) is 5.92 Å². The quantitative estimate of drug-likeness (QED) is 0.817. The molecule has 116 valence electrons. The van der Waals surface area contributed by atoms with E-state index >= 15 is 0 Å².